The second kappa shape index (κ2) is 5.27. The van der Waals surface area contributed by atoms with Crippen LogP contribution in [-0.2, 0) is 9.53 Å². The number of carbonyl (C=O) groups excluding carboxylic acids is 1. The van der Waals surface area contributed by atoms with Crippen LogP contribution >= 0.6 is 0 Å². The number of nitrogens with zero attached hydrogens (tertiary/aromatic N) is 1. The lowest BCUT2D eigenvalue weighted by atomic mass is 9.71. The van der Waals surface area contributed by atoms with Crippen LogP contribution in [0.3, 0.4) is 0 Å². The van der Waals surface area contributed by atoms with E-state index in [0.717, 1.165) is 51.3 Å². The number of hydrogen-bond donors (Lipinski definition) is 0. The van der Waals surface area contributed by atoms with Gasteiger partial charge in [-0.1, -0.05) is 13.0 Å². The first kappa shape index (κ1) is 13.3. The molecule has 0 unspecified atom stereocenters. The third-order valence-corrected chi connectivity index (χ3v) is 4.14. The summed E-state index contributed by atoms with van der Waals surface area (Å²) in [5, 5.41) is 0. The van der Waals surface area contributed by atoms with Gasteiger partial charge in [-0.2, -0.15) is 0 Å². The Hall–Kier alpha value is -1.09. The average Bonchev–Trinajstić information content (AvgIpc) is 2.37. The van der Waals surface area contributed by atoms with Gasteiger partial charge in [-0.15, -0.1) is 6.58 Å². The van der Waals surface area contributed by atoms with Gasteiger partial charge in [0.15, 0.2) is 5.78 Å². The van der Waals surface area contributed by atoms with Crippen molar-refractivity contribution in [2.75, 3.05) is 26.3 Å². The van der Waals surface area contributed by atoms with Crippen LogP contribution in [-0.4, -0.2) is 37.0 Å². The van der Waals surface area contributed by atoms with Crippen LogP contribution in [0.4, 0.5) is 0 Å². The Morgan fingerprint density at radius 1 is 1.44 bits per heavy atom. The average molecular weight is 249 g/mol. The van der Waals surface area contributed by atoms with Crippen molar-refractivity contribution in [3.63, 3.8) is 0 Å². The lowest BCUT2D eigenvalue weighted by molar-refractivity contribution is -0.127. The van der Waals surface area contributed by atoms with Crippen LogP contribution in [0.2, 0.25) is 0 Å². The fraction of sp³-hybridized carbons (Fsp3) is 0.667. The van der Waals surface area contributed by atoms with E-state index in [4.69, 9.17) is 4.74 Å². The predicted octanol–water partition coefficient (Wildman–Crippen LogP) is 2.54. The molecular weight excluding hydrogens is 226 g/mol. The van der Waals surface area contributed by atoms with Gasteiger partial charge in [0.25, 0.3) is 0 Å². The molecule has 0 amide bonds. The van der Waals surface area contributed by atoms with Gasteiger partial charge < -0.3 is 9.64 Å². The van der Waals surface area contributed by atoms with Gasteiger partial charge in [-0.25, -0.2) is 0 Å². The summed E-state index contributed by atoms with van der Waals surface area (Å²) in [7, 11) is 0. The smallest absolute Gasteiger partial charge is 0.184 e. The Kier molecular flexibility index (Phi) is 3.91. The minimum absolute atomic E-state index is 0.255. The molecule has 1 saturated heterocycles. The molecule has 0 N–H and O–H groups in total. The lowest BCUT2D eigenvalue weighted by Gasteiger charge is -2.39. The molecule has 0 bridgehead atoms. The zero-order valence-corrected chi connectivity index (χ0v) is 11.5. The number of hydrogen-bond acceptors (Lipinski definition) is 3. The molecule has 1 aliphatic heterocycles. The SMILES string of the molecule is C=CC[C@]1(C)CCC(C)=C(N2CCOCC2)C1=O. The summed E-state index contributed by atoms with van der Waals surface area (Å²) < 4.78 is 5.37. The highest BCUT2D eigenvalue weighted by molar-refractivity contribution is 6.00. The van der Waals surface area contributed by atoms with Crippen molar-refractivity contribution < 1.29 is 9.53 Å². The van der Waals surface area contributed by atoms with E-state index in [9.17, 15) is 4.79 Å². The molecule has 0 aromatic heterocycles. The van der Waals surface area contributed by atoms with Crippen molar-refractivity contribution in [3.8, 4) is 0 Å². The molecule has 1 atom stereocenters. The molecule has 2 aliphatic rings. The Morgan fingerprint density at radius 2 is 2.11 bits per heavy atom. The second-order valence-electron chi connectivity index (χ2n) is 5.61. The number of ketones is 1. The van der Waals surface area contributed by atoms with Crippen molar-refractivity contribution in [1.82, 2.24) is 4.90 Å². The van der Waals surface area contributed by atoms with E-state index < -0.39 is 0 Å². The first-order valence-electron chi connectivity index (χ1n) is 6.76. The number of rotatable bonds is 3. The minimum atomic E-state index is -0.255. The molecule has 0 saturated carbocycles. The largest absolute Gasteiger partial charge is 0.378 e. The van der Waals surface area contributed by atoms with Crippen LogP contribution in [0, 0.1) is 5.41 Å². The van der Waals surface area contributed by atoms with Crippen LogP contribution < -0.4 is 0 Å². The van der Waals surface area contributed by atoms with E-state index in [1.807, 2.05) is 6.08 Å². The van der Waals surface area contributed by atoms with E-state index >= 15 is 0 Å². The molecule has 0 aromatic carbocycles. The molecule has 18 heavy (non-hydrogen) atoms. The first-order chi connectivity index (χ1) is 8.58. The van der Waals surface area contributed by atoms with Crippen molar-refractivity contribution >= 4 is 5.78 Å². The normalized spacial score (nSPS) is 29.7. The van der Waals surface area contributed by atoms with Gasteiger partial charge in [0.1, 0.15) is 0 Å². The van der Waals surface area contributed by atoms with E-state index in [0.29, 0.717) is 5.78 Å². The molecule has 3 heteroatoms. The van der Waals surface area contributed by atoms with Crippen LogP contribution in [0.1, 0.15) is 33.1 Å². The summed E-state index contributed by atoms with van der Waals surface area (Å²) >= 11 is 0. The van der Waals surface area contributed by atoms with E-state index in [1.54, 1.807) is 0 Å². The molecule has 1 aliphatic carbocycles. The molecule has 0 radical (unpaired) electrons. The Balaban J connectivity index is 2.25. The number of Topliss-reactive ketones (excluding diaryl/α,β-unsaturated/α-hetero) is 1. The topological polar surface area (TPSA) is 29.5 Å². The van der Waals surface area contributed by atoms with Crippen LogP contribution in [0.5, 0.6) is 0 Å². The second-order valence-corrected chi connectivity index (χ2v) is 5.61. The zero-order valence-electron chi connectivity index (χ0n) is 11.5. The standard InChI is InChI=1S/C15H23NO2/c1-4-6-15(3)7-5-12(2)13(14(15)17)16-8-10-18-11-9-16/h4H,1,5-11H2,2-3H3/t15-/m1/s1. The Labute approximate surface area is 109 Å². The van der Waals surface area contributed by atoms with Crippen molar-refractivity contribution in [2.45, 2.75) is 33.1 Å². The van der Waals surface area contributed by atoms with E-state index in [-0.39, 0.29) is 5.41 Å². The molecule has 0 spiro atoms. The van der Waals surface area contributed by atoms with Crippen molar-refractivity contribution in [3.05, 3.63) is 23.9 Å². The molecule has 1 heterocycles. The van der Waals surface area contributed by atoms with Crippen molar-refractivity contribution in [1.29, 1.82) is 0 Å². The maximum atomic E-state index is 12.8. The molecule has 100 valence electrons. The molecule has 0 aromatic rings. The number of ether oxygens (including phenoxy) is 1. The van der Waals surface area contributed by atoms with Crippen LogP contribution in [0.25, 0.3) is 0 Å². The maximum absolute atomic E-state index is 12.8. The van der Waals surface area contributed by atoms with E-state index in [2.05, 4.69) is 25.3 Å². The molecule has 2 rings (SSSR count). The summed E-state index contributed by atoms with van der Waals surface area (Å²) in [6, 6.07) is 0. The quantitative estimate of drug-likeness (QED) is 0.720. The van der Waals surface area contributed by atoms with Crippen LogP contribution in [0.15, 0.2) is 23.9 Å². The summed E-state index contributed by atoms with van der Waals surface area (Å²) in [4.78, 5) is 15.0. The maximum Gasteiger partial charge on any atom is 0.184 e. The predicted molar refractivity (Wildman–Crippen MR) is 72.3 cm³/mol. The Bertz CT molecular complexity index is 380. The molecule has 1 fully saturated rings. The van der Waals surface area contributed by atoms with Gasteiger partial charge in [-0.3, -0.25) is 4.79 Å². The van der Waals surface area contributed by atoms with Gasteiger partial charge in [0, 0.05) is 18.5 Å². The summed E-state index contributed by atoms with van der Waals surface area (Å²) in [5.41, 5.74) is 1.94. The van der Waals surface area contributed by atoms with Gasteiger partial charge in [0.2, 0.25) is 0 Å². The number of carbonyl (C=O) groups is 1. The highest BCUT2D eigenvalue weighted by Crippen LogP contribution is 2.40. The molecule has 3 nitrogen and oxygen atoms in total. The molecular formula is C15H23NO2. The zero-order chi connectivity index (χ0) is 13.2. The van der Waals surface area contributed by atoms with Gasteiger partial charge in [-0.05, 0) is 31.8 Å². The summed E-state index contributed by atoms with van der Waals surface area (Å²) in [6.45, 7) is 11.1. The lowest BCUT2D eigenvalue weighted by Crippen LogP contribution is -2.44. The first-order valence-corrected chi connectivity index (χ1v) is 6.76. The highest BCUT2D eigenvalue weighted by atomic mass is 16.5. The Morgan fingerprint density at radius 3 is 2.72 bits per heavy atom. The summed E-state index contributed by atoms with van der Waals surface area (Å²) in [6.07, 6.45) is 4.60. The fourth-order valence-electron chi connectivity index (χ4n) is 2.89. The van der Waals surface area contributed by atoms with Crippen molar-refractivity contribution in [2.24, 2.45) is 5.41 Å². The van der Waals surface area contributed by atoms with Gasteiger partial charge >= 0.3 is 0 Å². The van der Waals surface area contributed by atoms with Gasteiger partial charge in [0.05, 0.1) is 18.9 Å². The highest BCUT2D eigenvalue weighted by Gasteiger charge is 2.40. The minimum Gasteiger partial charge on any atom is -0.378 e. The third-order valence-electron chi connectivity index (χ3n) is 4.14. The monoisotopic (exact) mass is 249 g/mol. The summed E-state index contributed by atoms with van der Waals surface area (Å²) in [5.74, 6) is 0.299. The fourth-order valence-corrected chi connectivity index (χ4v) is 2.89. The number of morpholine rings is 1. The van der Waals surface area contributed by atoms with E-state index in [1.165, 1.54) is 5.57 Å². The number of allylic oxidation sites excluding steroid dienone is 3. The third kappa shape index (κ3) is 2.37.